The molecule has 0 bridgehead atoms. The summed E-state index contributed by atoms with van der Waals surface area (Å²) in [5.41, 5.74) is 4.53. The highest BCUT2D eigenvalue weighted by molar-refractivity contribution is 5.95. The van der Waals surface area contributed by atoms with Gasteiger partial charge in [-0.3, -0.25) is 4.98 Å². The van der Waals surface area contributed by atoms with Gasteiger partial charge in [-0.1, -0.05) is 78.9 Å². The molecule has 1 heteroatoms. The van der Waals surface area contributed by atoms with Gasteiger partial charge in [-0.2, -0.15) is 0 Å². The third-order valence-electron chi connectivity index (χ3n) is 3.94. The second-order valence-electron chi connectivity index (χ2n) is 5.32. The molecule has 1 aromatic heterocycles. The van der Waals surface area contributed by atoms with Crippen molar-refractivity contribution in [3.8, 4) is 22.4 Å². The molecule has 22 heavy (non-hydrogen) atoms. The molecule has 0 fully saturated rings. The smallest absolute Gasteiger partial charge is 0.0708 e. The largest absolute Gasteiger partial charge is 0.256 e. The van der Waals surface area contributed by atoms with Crippen LogP contribution in [0.25, 0.3) is 33.2 Å². The van der Waals surface area contributed by atoms with Gasteiger partial charge in [0.1, 0.15) is 0 Å². The zero-order chi connectivity index (χ0) is 14.8. The predicted molar refractivity (Wildman–Crippen MR) is 92.6 cm³/mol. The van der Waals surface area contributed by atoms with Gasteiger partial charge in [-0.15, -0.1) is 0 Å². The number of pyridine rings is 1. The molecule has 0 saturated heterocycles. The lowest BCUT2D eigenvalue weighted by Gasteiger charge is -2.07. The third-order valence-corrected chi connectivity index (χ3v) is 3.94. The van der Waals surface area contributed by atoms with E-state index < -0.39 is 0 Å². The van der Waals surface area contributed by atoms with Crippen LogP contribution in [0.2, 0.25) is 0 Å². The summed E-state index contributed by atoms with van der Waals surface area (Å²) in [6.45, 7) is 0. The molecule has 0 aliphatic carbocycles. The number of hydrogen-bond donors (Lipinski definition) is 0. The minimum Gasteiger partial charge on any atom is -0.256 e. The van der Waals surface area contributed by atoms with E-state index in [1.54, 1.807) is 0 Å². The van der Waals surface area contributed by atoms with Crippen LogP contribution < -0.4 is 0 Å². The molecular weight excluding hydrogens is 266 g/mol. The molecule has 0 atom stereocenters. The van der Waals surface area contributed by atoms with Crippen molar-refractivity contribution in [3.63, 3.8) is 0 Å². The van der Waals surface area contributed by atoms with E-state index >= 15 is 0 Å². The second-order valence-corrected chi connectivity index (χ2v) is 5.32. The standard InChI is InChI=1S/C21H15N/c1-2-7-16(8-3-1)18-13-14-21(22-15-18)20-12-6-10-17-9-4-5-11-19(17)20/h1-15H. The molecule has 4 rings (SSSR count). The van der Waals surface area contributed by atoms with E-state index in [-0.39, 0.29) is 0 Å². The van der Waals surface area contributed by atoms with Gasteiger partial charge >= 0.3 is 0 Å². The van der Waals surface area contributed by atoms with E-state index in [0.717, 1.165) is 11.3 Å². The molecule has 4 aromatic rings. The van der Waals surface area contributed by atoms with Crippen molar-refractivity contribution in [2.75, 3.05) is 0 Å². The first-order chi connectivity index (χ1) is 10.9. The summed E-state index contributed by atoms with van der Waals surface area (Å²) in [6, 6.07) is 29.4. The zero-order valence-corrected chi connectivity index (χ0v) is 12.1. The number of hydrogen-bond acceptors (Lipinski definition) is 1. The molecule has 0 saturated carbocycles. The van der Waals surface area contributed by atoms with Gasteiger partial charge in [0, 0.05) is 17.3 Å². The Kier molecular flexibility index (Phi) is 3.17. The molecule has 3 aromatic carbocycles. The minimum absolute atomic E-state index is 1.01. The van der Waals surface area contributed by atoms with Crippen molar-refractivity contribution < 1.29 is 0 Å². The lowest BCUT2D eigenvalue weighted by molar-refractivity contribution is 1.33. The summed E-state index contributed by atoms with van der Waals surface area (Å²) in [7, 11) is 0. The zero-order valence-electron chi connectivity index (χ0n) is 12.1. The van der Waals surface area contributed by atoms with Crippen LogP contribution in [0.3, 0.4) is 0 Å². The van der Waals surface area contributed by atoms with Crippen molar-refractivity contribution in [2.45, 2.75) is 0 Å². The highest BCUT2D eigenvalue weighted by Crippen LogP contribution is 2.28. The van der Waals surface area contributed by atoms with Crippen LogP contribution in [-0.4, -0.2) is 4.98 Å². The van der Waals surface area contributed by atoms with Crippen molar-refractivity contribution in [1.82, 2.24) is 4.98 Å². The molecule has 0 spiro atoms. The van der Waals surface area contributed by atoms with Crippen molar-refractivity contribution in [1.29, 1.82) is 0 Å². The molecular formula is C21H15N. The van der Waals surface area contributed by atoms with E-state index in [0.29, 0.717) is 0 Å². The van der Waals surface area contributed by atoms with E-state index in [4.69, 9.17) is 0 Å². The normalized spacial score (nSPS) is 10.7. The average Bonchev–Trinajstić information content (AvgIpc) is 2.62. The Bertz CT molecular complexity index is 904. The fraction of sp³-hybridized carbons (Fsp3) is 0. The molecule has 0 radical (unpaired) electrons. The number of benzene rings is 3. The van der Waals surface area contributed by atoms with Crippen LogP contribution in [-0.2, 0) is 0 Å². The Labute approximate surface area is 129 Å². The topological polar surface area (TPSA) is 12.9 Å². The van der Waals surface area contributed by atoms with Crippen LogP contribution in [0.4, 0.5) is 0 Å². The maximum atomic E-state index is 4.68. The first-order valence-electron chi connectivity index (χ1n) is 7.41. The number of fused-ring (bicyclic) bond motifs is 1. The van der Waals surface area contributed by atoms with Gasteiger partial charge in [0.2, 0.25) is 0 Å². The Morgan fingerprint density at radius 1 is 0.545 bits per heavy atom. The van der Waals surface area contributed by atoms with Crippen LogP contribution in [0.5, 0.6) is 0 Å². The fourth-order valence-corrected chi connectivity index (χ4v) is 2.80. The predicted octanol–water partition coefficient (Wildman–Crippen LogP) is 5.57. The van der Waals surface area contributed by atoms with Gasteiger partial charge in [-0.25, -0.2) is 0 Å². The van der Waals surface area contributed by atoms with Crippen LogP contribution in [0.15, 0.2) is 91.1 Å². The number of aromatic nitrogens is 1. The molecule has 0 aliphatic heterocycles. The summed E-state index contributed by atoms with van der Waals surface area (Å²) in [4.78, 5) is 4.68. The molecule has 1 heterocycles. The average molecular weight is 281 g/mol. The summed E-state index contributed by atoms with van der Waals surface area (Å²) in [5.74, 6) is 0. The lowest BCUT2D eigenvalue weighted by atomic mass is 10.0. The lowest BCUT2D eigenvalue weighted by Crippen LogP contribution is -1.86. The van der Waals surface area contributed by atoms with Gasteiger partial charge in [-0.05, 0) is 22.4 Å². The highest BCUT2D eigenvalue weighted by Gasteiger charge is 2.05. The van der Waals surface area contributed by atoms with Gasteiger partial charge in [0.25, 0.3) is 0 Å². The maximum absolute atomic E-state index is 4.68. The van der Waals surface area contributed by atoms with E-state index in [1.165, 1.54) is 21.9 Å². The van der Waals surface area contributed by atoms with Crippen molar-refractivity contribution in [2.24, 2.45) is 0 Å². The van der Waals surface area contributed by atoms with Crippen LogP contribution in [0, 0.1) is 0 Å². The molecule has 1 nitrogen and oxygen atoms in total. The van der Waals surface area contributed by atoms with Crippen molar-refractivity contribution >= 4 is 10.8 Å². The maximum Gasteiger partial charge on any atom is 0.0708 e. The molecule has 0 aliphatic rings. The van der Waals surface area contributed by atoms with E-state index in [9.17, 15) is 0 Å². The number of rotatable bonds is 2. The molecule has 104 valence electrons. The van der Waals surface area contributed by atoms with Crippen LogP contribution in [0.1, 0.15) is 0 Å². The Morgan fingerprint density at radius 2 is 1.32 bits per heavy atom. The monoisotopic (exact) mass is 281 g/mol. The summed E-state index contributed by atoms with van der Waals surface area (Å²) >= 11 is 0. The summed E-state index contributed by atoms with van der Waals surface area (Å²) in [5, 5.41) is 2.49. The summed E-state index contributed by atoms with van der Waals surface area (Å²) in [6.07, 6.45) is 1.95. The number of nitrogens with zero attached hydrogens (tertiary/aromatic N) is 1. The SMILES string of the molecule is c1ccc(-c2ccc(-c3cccc4ccccc34)nc2)cc1. The third kappa shape index (κ3) is 2.27. The van der Waals surface area contributed by atoms with Gasteiger partial charge in [0.15, 0.2) is 0 Å². The molecule has 0 unspecified atom stereocenters. The van der Waals surface area contributed by atoms with Gasteiger partial charge < -0.3 is 0 Å². The van der Waals surface area contributed by atoms with Gasteiger partial charge in [0.05, 0.1) is 5.69 Å². The molecule has 0 amide bonds. The Balaban J connectivity index is 1.80. The fourth-order valence-electron chi connectivity index (χ4n) is 2.80. The first kappa shape index (κ1) is 12.8. The highest BCUT2D eigenvalue weighted by atomic mass is 14.7. The minimum atomic E-state index is 1.01. The summed E-state index contributed by atoms with van der Waals surface area (Å²) < 4.78 is 0. The van der Waals surface area contributed by atoms with E-state index in [1.807, 2.05) is 24.4 Å². The second kappa shape index (κ2) is 5.45. The van der Waals surface area contributed by atoms with Crippen LogP contribution >= 0.6 is 0 Å². The Hall–Kier alpha value is -2.93. The first-order valence-corrected chi connectivity index (χ1v) is 7.41. The van der Waals surface area contributed by atoms with E-state index in [2.05, 4.69) is 71.7 Å². The Morgan fingerprint density at radius 3 is 2.14 bits per heavy atom. The van der Waals surface area contributed by atoms with Crippen molar-refractivity contribution in [3.05, 3.63) is 91.1 Å². The molecule has 0 N–H and O–H groups in total. The quantitative estimate of drug-likeness (QED) is 0.468.